The molecule has 0 aliphatic carbocycles. The van der Waals surface area contributed by atoms with Crippen LogP contribution in [-0.2, 0) is 4.79 Å². The lowest BCUT2D eigenvalue weighted by Crippen LogP contribution is -2.09. The fraction of sp³-hybridized carbons (Fsp3) is 0.167. The number of carbonyl (C=O) groups is 1. The zero-order valence-corrected chi connectivity index (χ0v) is 12.9. The van der Waals surface area contributed by atoms with Crippen LogP contribution >= 0.6 is 0 Å². The zero-order valence-electron chi connectivity index (χ0n) is 12.9. The number of amides is 1. The highest BCUT2D eigenvalue weighted by Crippen LogP contribution is 2.28. The molecule has 22 heavy (non-hydrogen) atoms. The maximum atomic E-state index is 12.0. The van der Waals surface area contributed by atoms with Gasteiger partial charge in [0.05, 0.1) is 19.9 Å². The summed E-state index contributed by atoms with van der Waals surface area (Å²) < 4.78 is 10.4. The Bertz CT molecular complexity index is 692. The van der Waals surface area contributed by atoms with Gasteiger partial charge in [0.2, 0.25) is 5.91 Å². The number of hydrogen-bond donors (Lipinski definition) is 1. The molecule has 0 aromatic heterocycles. The van der Waals surface area contributed by atoms with E-state index in [-0.39, 0.29) is 5.91 Å². The monoisotopic (exact) mass is 297 g/mol. The molecule has 0 bridgehead atoms. The highest BCUT2D eigenvalue weighted by Gasteiger charge is 2.06. The van der Waals surface area contributed by atoms with Crippen LogP contribution in [0, 0.1) is 6.92 Å². The first-order valence-corrected chi connectivity index (χ1v) is 6.90. The van der Waals surface area contributed by atoms with Crippen molar-refractivity contribution in [1.82, 2.24) is 0 Å². The van der Waals surface area contributed by atoms with Crippen LogP contribution in [0.5, 0.6) is 11.5 Å². The van der Waals surface area contributed by atoms with Gasteiger partial charge in [-0.15, -0.1) is 0 Å². The third kappa shape index (κ3) is 4.12. The summed E-state index contributed by atoms with van der Waals surface area (Å²) >= 11 is 0. The molecule has 0 spiro atoms. The topological polar surface area (TPSA) is 47.6 Å². The molecule has 0 fully saturated rings. The smallest absolute Gasteiger partial charge is 0.248 e. The summed E-state index contributed by atoms with van der Waals surface area (Å²) in [6, 6.07) is 13.2. The predicted octanol–water partition coefficient (Wildman–Crippen LogP) is 3.66. The van der Waals surface area contributed by atoms with Crippen molar-refractivity contribution in [3.05, 3.63) is 59.7 Å². The molecule has 1 N–H and O–H groups in total. The second kappa shape index (κ2) is 7.31. The highest BCUT2D eigenvalue weighted by molar-refractivity contribution is 6.02. The highest BCUT2D eigenvalue weighted by atomic mass is 16.5. The Morgan fingerprint density at radius 3 is 2.59 bits per heavy atom. The Hall–Kier alpha value is -2.75. The molecule has 2 aromatic carbocycles. The predicted molar refractivity (Wildman–Crippen MR) is 88.4 cm³/mol. The van der Waals surface area contributed by atoms with Gasteiger partial charge in [0, 0.05) is 12.1 Å². The molecule has 0 saturated heterocycles. The van der Waals surface area contributed by atoms with Crippen molar-refractivity contribution >= 4 is 17.7 Å². The molecule has 2 rings (SSSR count). The third-order valence-corrected chi connectivity index (χ3v) is 3.14. The van der Waals surface area contributed by atoms with Gasteiger partial charge in [0.15, 0.2) is 0 Å². The van der Waals surface area contributed by atoms with Crippen LogP contribution in [0.2, 0.25) is 0 Å². The summed E-state index contributed by atoms with van der Waals surface area (Å²) in [6.45, 7) is 2.01. The van der Waals surface area contributed by atoms with Gasteiger partial charge in [-0.2, -0.15) is 0 Å². The SMILES string of the molecule is COc1ccc(NC(=O)/C=C/c2cccc(C)c2)c(OC)c1. The number of ether oxygens (including phenoxy) is 2. The molecule has 0 heterocycles. The van der Waals surface area contributed by atoms with Gasteiger partial charge in [-0.1, -0.05) is 29.8 Å². The van der Waals surface area contributed by atoms with Gasteiger partial charge in [-0.25, -0.2) is 0 Å². The van der Waals surface area contributed by atoms with Crippen LogP contribution in [0.1, 0.15) is 11.1 Å². The fourth-order valence-corrected chi connectivity index (χ4v) is 2.02. The summed E-state index contributed by atoms with van der Waals surface area (Å²) in [5, 5.41) is 2.79. The Labute approximate surface area is 130 Å². The Morgan fingerprint density at radius 1 is 1.09 bits per heavy atom. The van der Waals surface area contributed by atoms with Crippen molar-refractivity contribution in [3.63, 3.8) is 0 Å². The lowest BCUT2D eigenvalue weighted by Gasteiger charge is -2.10. The Balaban J connectivity index is 2.09. The van der Waals surface area contributed by atoms with E-state index in [1.807, 2.05) is 31.2 Å². The molecule has 1 amide bonds. The molecule has 0 unspecified atom stereocenters. The summed E-state index contributed by atoms with van der Waals surface area (Å²) in [5.74, 6) is 1.01. The maximum Gasteiger partial charge on any atom is 0.248 e. The molecule has 0 aliphatic heterocycles. The Kier molecular flexibility index (Phi) is 5.20. The van der Waals surface area contributed by atoms with E-state index in [2.05, 4.69) is 5.32 Å². The van der Waals surface area contributed by atoms with Crippen LogP contribution in [0.25, 0.3) is 6.08 Å². The molecule has 0 aliphatic rings. The number of rotatable bonds is 5. The number of hydrogen-bond acceptors (Lipinski definition) is 3. The lowest BCUT2D eigenvalue weighted by molar-refractivity contribution is -0.111. The van der Waals surface area contributed by atoms with Crippen LogP contribution < -0.4 is 14.8 Å². The average molecular weight is 297 g/mol. The van der Waals surface area contributed by atoms with E-state index in [0.29, 0.717) is 17.2 Å². The second-order valence-electron chi connectivity index (χ2n) is 4.80. The summed E-state index contributed by atoms with van der Waals surface area (Å²) in [7, 11) is 3.13. The molecule has 4 nitrogen and oxygen atoms in total. The summed E-state index contributed by atoms with van der Waals surface area (Å²) in [5.41, 5.74) is 2.73. The first-order valence-electron chi connectivity index (χ1n) is 6.90. The molecule has 0 atom stereocenters. The van der Waals surface area contributed by atoms with E-state index in [1.54, 1.807) is 38.5 Å². The van der Waals surface area contributed by atoms with E-state index in [0.717, 1.165) is 11.1 Å². The van der Waals surface area contributed by atoms with Gasteiger partial charge in [-0.3, -0.25) is 4.79 Å². The molecule has 4 heteroatoms. The van der Waals surface area contributed by atoms with Crippen molar-refractivity contribution in [2.24, 2.45) is 0 Å². The molecule has 0 saturated carbocycles. The van der Waals surface area contributed by atoms with E-state index >= 15 is 0 Å². The van der Waals surface area contributed by atoms with Crippen molar-refractivity contribution in [2.45, 2.75) is 6.92 Å². The van der Waals surface area contributed by atoms with E-state index in [1.165, 1.54) is 6.08 Å². The molecule has 0 radical (unpaired) electrons. The number of aryl methyl sites for hydroxylation is 1. The van der Waals surface area contributed by atoms with Crippen LogP contribution in [0.15, 0.2) is 48.5 Å². The molecule has 2 aromatic rings. The normalized spacial score (nSPS) is 10.5. The number of methoxy groups -OCH3 is 2. The van der Waals surface area contributed by atoms with Crippen molar-refractivity contribution in [1.29, 1.82) is 0 Å². The van der Waals surface area contributed by atoms with E-state index in [9.17, 15) is 4.79 Å². The van der Waals surface area contributed by atoms with Crippen LogP contribution in [0.4, 0.5) is 5.69 Å². The minimum atomic E-state index is -0.218. The fourth-order valence-electron chi connectivity index (χ4n) is 2.02. The molecular weight excluding hydrogens is 278 g/mol. The maximum absolute atomic E-state index is 12.0. The minimum absolute atomic E-state index is 0.218. The van der Waals surface area contributed by atoms with Gasteiger partial charge < -0.3 is 14.8 Å². The summed E-state index contributed by atoms with van der Waals surface area (Å²) in [6.07, 6.45) is 3.27. The van der Waals surface area contributed by atoms with Gasteiger partial charge >= 0.3 is 0 Å². The molecular formula is C18H19NO3. The first-order chi connectivity index (χ1) is 10.6. The zero-order chi connectivity index (χ0) is 15.9. The van der Waals surface area contributed by atoms with Gasteiger partial charge in [-0.05, 0) is 30.7 Å². The Morgan fingerprint density at radius 2 is 1.91 bits per heavy atom. The summed E-state index contributed by atoms with van der Waals surface area (Å²) in [4.78, 5) is 12.0. The quantitative estimate of drug-likeness (QED) is 0.857. The number of benzene rings is 2. The number of nitrogens with one attached hydrogen (secondary N) is 1. The van der Waals surface area contributed by atoms with E-state index < -0.39 is 0 Å². The van der Waals surface area contributed by atoms with Crippen molar-refractivity contribution < 1.29 is 14.3 Å². The lowest BCUT2D eigenvalue weighted by atomic mass is 10.1. The van der Waals surface area contributed by atoms with Gasteiger partial charge in [0.25, 0.3) is 0 Å². The van der Waals surface area contributed by atoms with Crippen molar-refractivity contribution in [2.75, 3.05) is 19.5 Å². The largest absolute Gasteiger partial charge is 0.497 e. The average Bonchev–Trinajstić information content (AvgIpc) is 2.53. The van der Waals surface area contributed by atoms with Crippen LogP contribution in [-0.4, -0.2) is 20.1 Å². The number of anilines is 1. The van der Waals surface area contributed by atoms with Crippen LogP contribution in [0.3, 0.4) is 0 Å². The van der Waals surface area contributed by atoms with E-state index in [4.69, 9.17) is 9.47 Å². The van der Waals surface area contributed by atoms with Gasteiger partial charge in [0.1, 0.15) is 11.5 Å². The minimum Gasteiger partial charge on any atom is -0.497 e. The number of carbonyl (C=O) groups excluding carboxylic acids is 1. The van der Waals surface area contributed by atoms with Crippen molar-refractivity contribution in [3.8, 4) is 11.5 Å². The third-order valence-electron chi connectivity index (χ3n) is 3.14. The molecule has 114 valence electrons. The standard InChI is InChI=1S/C18H19NO3/c1-13-5-4-6-14(11-13)7-10-18(20)19-16-9-8-15(21-2)12-17(16)22-3/h4-12H,1-3H3,(H,19,20)/b10-7+. The first kappa shape index (κ1) is 15.6. The second-order valence-corrected chi connectivity index (χ2v) is 4.80.